The van der Waals surface area contributed by atoms with Gasteiger partial charge in [0.1, 0.15) is 0 Å². The fraction of sp³-hybridized carbons (Fsp3) is 0.294. The number of benzene rings is 1. The number of likely N-dealkylation sites (N-methyl/N-ethyl adjacent to an activating group) is 1. The van der Waals surface area contributed by atoms with Gasteiger partial charge in [0.25, 0.3) is 5.91 Å². The Morgan fingerprint density at radius 2 is 1.96 bits per heavy atom. The molecule has 25 heavy (non-hydrogen) atoms. The highest BCUT2D eigenvalue weighted by Crippen LogP contribution is 2.14. The van der Waals surface area contributed by atoms with Gasteiger partial charge in [0.05, 0.1) is 5.69 Å². The Labute approximate surface area is 149 Å². The molecule has 1 aromatic carbocycles. The maximum atomic E-state index is 12.2. The summed E-state index contributed by atoms with van der Waals surface area (Å²) in [5.41, 5.74) is 0.209. The number of amides is 1. The monoisotopic (exact) mass is 363 g/mol. The van der Waals surface area contributed by atoms with Crippen LogP contribution in [-0.4, -0.2) is 34.3 Å². The molecule has 0 fully saturated rings. The smallest absolute Gasteiger partial charge is 0.363 e. The van der Waals surface area contributed by atoms with Crippen LogP contribution < -0.4 is 10.7 Å². The molecule has 1 atom stereocenters. The lowest BCUT2D eigenvalue weighted by Gasteiger charge is -2.14. The minimum atomic E-state index is -1.03. The van der Waals surface area contributed by atoms with Crippen LogP contribution in [0.3, 0.4) is 0 Å². The van der Waals surface area contributed by atoms with Crippen LogP contribution in [0.4, 0.5) is 0 Å². The van der Waals surface area contributed by atoms with Crippen LogP contribution in [0.5, 0.6) is 0 Å². The lowest BCUT2D eigenvalue weighted by Crippen LogP contribution is -2.37. The second-order valence-electron chi connectivity index (χ2n) is 5.33. The highest BCUT2D eigenvalue weighted by Gasteiger charge is 2.22. The fourth-order valence-corrected chi connectivity index (χ4v) is 2.25. The summed E-state index contributed by atoms with van der Waals surface area (Å²) in [4.78, 5) is 36.0. The van der Waals surface area contributed by atoms with Crippen LogP contribution >= 0.6 is 11.6 Å². The van der Waals surface area contributed by atoms with Gasteiger partial charge in [-0.25, -0.2) is 9.48 Å². The molecule has 0 bridgehead atoms. The van der Waals surface area contributed by atoms with Gasteiger partial charge in [0.2, 0.25) is 11.1 Å². The summed E-state index contributed by atoms with van der Waals surface area (Å²) in [5.74, 6) is -1.40. The molecular formula is C17H18ClN3O4. The van der Waals surface area contributed by atoms with E-state index < -0.39 is 29.1 Å². The Morgan fingerprint density at radius 1 is 1.32 bits per heavy atom. The van der Waals surface area contributed by atoms with Gasteiger partial charge in [-0.2, -0.15) is 5.10 Å². The Balaban J connectivity index is 2.33. The Bertz CT molecular complexity index is 846. The lowest BCUT2D eigenvalue weighted by molar-refractivity contribution is -0.128. The first-order chi connectivity index (χ1) is 11.8. The number of carbonyl (C=O) groups is 2. The minimum Gasteiger partial charge on any atom is -0.448 e. The van der Waals surface area contributed by atoms with E-state index in [-0.39, 0.29) is 0 Å². The van der Waals surface area contributed by atoms with Gasteiger partial charge in [0.15, 0.2) is 6.10 Å². The zero-order valence-corrected chi connectivity index (χ0v) is 14.8. The number of esters is 1. The predicted molar refractivity (Wildman–Crippen MR) is 93.1 cm³/mol. The van der Waals surface area contributed by atoms with Crippen LogP contribution in [0.2, 0.25) is 5.02 Å². The van der Waals surface area contributed by atoms with Crippen molar-refractivity contribution in [2.24, 2.45) is 0 Å². The molecule has 0 aliphatic rings. The normalized spacial score (nSPS) is 11.7. The van der Waals surface area contributed by atoms with Crippen LogP contribution in [-0.2, 0) is 9.53 Å². The number of aromatic nitrogens is 2. The van der Waals surface area contributed by atoms with E-state index in [2.05, 4.69) is 10.4 Å². The first-order valence-electron chi connectivity index (χ1n) is 7.69. The molecule has 0 spiro atoms. The second kappa shape index (κ2) is 7.94. The Hall–Kier alpha value is -2.67. The summed E-state index contributed by atoms with van der Waals surface area (Å²) in [6, 6.07) is 8.05. The summed E-state index contributed by atoms with van der Waals surface area (Å²) in [5, 5.41) is 7.17. The molecule has 1 amide bonds. The van der Waals surface area contributed by atoms with Crippen LogP contribution in [0.15, 0.2) is 35.1 Å². The predicted octanol–water partition coefficient (Wildman–Crippen LogP) is 1.88. The molecule has 2 aromatic rings. The van der Waals surface area contributed by atoms with Crippen molar-refractivity contribution < 1.29 is 14.3 Å². The third-order valence-corrected chi connectivity index (χ3v) is 3.63. The van der Waals surface area contributed by atoms with E-state index in [9.17, 15) is 14.4 Å². The molecule has 0 saturated heterocycles. The van der Waals surface area contributed by atoms with Crippen LogP contribution in [0.1, 0.15) is 30.0 Å². The van der Waals surface area contributed by atoms with Gasteiger partial charge in [0, 0.05) is 23.3 Å². The topological polar surface area (TPSA) is 90.3 Å². The van der Waals surface area contributed by atoms with E-state index in [4.69, 9.17) is 16.3 Å². The zero-order valence-electron chi connectivity index (χ0n) is 14.1. The standard InChI is InChI=1S/C17H18ClN3O4/c1-4-19-16(23)11(3)25-17(24)15-14(22)9-10(2)21(20-15)13-7-5-12(18)6-8-13/h5-9,11H,4H2,1-3H3,(H,19,23). The molecule has 1 unspecified atom stereocenters. The molecule has 0 aliphatic heterocycles. The quantitative estimate of drug-likeness (QED) is 0.819. The van der Waals surface area contributed by atoms with E-state index in [1.807, 2.05) is 0 Å². The molecule has 132 valence electrons. The van der Waals surface area contributed by atoms with Crippen LogP contribution in [0.25, 0.3) is 5.69 Å². The van der Waals surface area contributed by atoms with Gasteiger partial charge in [-0.15, -0.1) is 0 Å². The molecule has 0 aliphatic carbocycles. The second-order valence-corrected chi connectivity index (χ2v) is 5.77. The summed E-state index contributed by atoms with van der Waals surface area (Å²) < 4.78 is 6.47. The van der Waals surface area contributed by atoms with Crippen molar-refractivity contribution in [1.82, 2.24) is 15.1 Å². The Kier molecular flexibility index (Phi) is 5.93. The SMILES string of the molecule is CCNC(=O)C(C)OC(=O)c1nn(-c2ccc(Cl)cc2)c(C)cc1=O. The van der Waals surface area contributed by atoms with Gasteiger partial charge < -0.3 is 10.1 Å². The zero-order chi connectivity index (χ0) is 18.6. The summed E-state index contributed by atoms with van der Waals surface area (Å²) in [7, 11) is 0. The van der Waals surface area contributed by atoms with Crippen molar-refractivity contribution in [2.75, 3.05) is 6.54 Å². The number of hydrogen-bond acceptors (Lipinski definition) is 5. The van der Waals surface area contributed by atoms with Crippen molar-refractivity contribution in [3.05, 3.63) is 57.0 Å². The first-order valence-corrected chi connectivity index (χ1v) is 8.07. The third-order valence-electron chi connectivity index (χ3n) is 3.38. The molecule has 1 heterocycles. The third kappa shape index (κ3) is 4.45. The summed E-state index contributed by atoms with van der Waals surface area (Å²) >= 11 is 5.87. The average Bonchev–Trinajstić information content (AvgIpc) is 2.56. The van der Waals surface area contributed by atoms with E-state index in [1.54, 1.807) is 38.1 Å². The number of hydrogen-bond donors (Lipinski definition) is 1. The molecular weight excluding hydrogens is 346 g/mol. The maximum absolute atomic E-state index is 12.2. The Morgan fingerprint density at radius 3 is 2.56 bits per heavy atom. The van der Waals surface area contributed by atoms with E-state index >= 15 is 0 Å². The minimum absolute atomic E-state index is 0.392. The lowest BCUT2D eigenvalue weighted by atomic mass is 10.3. The van der Waals surface area contributed by atoms with Crippen LogP contribution in [0, 0.1) is 6.92 Å². The number of ether oxygens (including phenoxy) is 1. The van der Waals surface area contributed by atoms with Gasteiger partial charge in [-0.3, -0.25) is 9.59 Å². The van der Waals surface area contributed by atoms with Crippen molar-refractivity contribution in [2.45, 2.75) is 26.9 Å². The average molecular weight is 364 g/mol. The molecule has 7 nitrogen and oxygen atoms in total. The molecule has 1 N–H and O–H groups in total. The van der Waals surface area contributed by atoms with Gasteiger partial charge in [-0.05, 0) is 45.0 Å². The molecule has 0 saturated carbocycles. The molecule has 0 radical (unpaired) electrons. The molecule has 8 heteroatoms. The van der Waals surface area contributed by atoms with Crippen molar-refractivity contribution >= 4 is 23.5 Å². The number of nitrogens with one attached hydrogen (secondary N) is 1. The number of carbonyl (C=O) groups excluding carboxylic acids is 2. The number of halogens is 1. The van der Waals surface area contributed by atoms with Crippen molar-refractivity contribution in [3.63, 3.8) is 0 Å². The largest absolute Gasteiger partial charge is 0.448 e. The molecule has 2 rings (SSSR count). The first kappa shape index (κ1) is 18.7. The highest BCUT2D eigenvalue weighted by molar-refractivity contribution is 6.30. The highest BCUT2D eigenvalue weighted by atomic mass is 35.5. The number of rotatable bonds is 5. The fourth-order valence-electron chi connectivity index (χ4n) is 2.12. The van der Waals surface area contributed by atoms with Crippen molar-refractivity contribution in [3.8, 4) is 5.69 Å². The van der Waals surface area contributed by atoms with Gasteiger partial charge in [-0.1, -0.05) is 11.6 Å². The molecule has 1 aromatic heterocycles. The van der Waals surface area contributed by atoms with Gasteiger partial charge >= 0.3 is 5.97 Å². The van der Waals surface area contributed by atoms with E-state index in [0.717, 1.165) is 0 Å². The number of nitrogens with zero attached hydrogens (tertiary/aromatic N) is 2. The van der Waals surface area contributed by atoms with E-state index in [0.29, 0.717) is 22.9 Å². The summed E-state index contributed by atoms with van der Waals surface area (Å²) in [6.07, 6.45) is -1.03. The summed E-state index contributed by atoms with van der Waals surface area (Å²) in [6.45, 7) is 5.27. The number of aryl methyl sites for hydroxylation is 1. The van der Waals surface area contributed by atoms with Crippen molar-refractivity contribution in [1.29, 1.82) is 0 Å². The van der Waals surface area contributed by atoms with E-state index in [1.165, 1.54) is 17.7 Å². The maximum Gasteiger partial charge on any atom is 0.363 e.